The fourth-order valence-corrected chi connectivity index (χ4v) is 2.61. The van der Waals surface area contributed by atoms with Gasteiger partial charge < -0.3 is 10.6 Å². The summed E-state index contributed by atoms with van der Waals surface area (Å²) in [5.41, 5.74) is 0.0513. The van der Waals surface area contributed by atoms with E-state index < -0.39 is 17.6 Å². The number of carbonyl (C=O) groups excluding carboxylic acids is 1. The van der Waals surface area contributed by atoms with Gasteiger partial charge in [-0.25, -0.2) is 9.97 Å². The zero-order chi connectivity index (χ0) is 19.4. The lowest BCUT2D eigenvalue weighted by atomic mass is 10.1. The Hall–Kier alpha value is -2.87. The van der Waals surface area contributed by atoms with Crippen LogP contribution in [-0.4, -0.2) is 29.0 Å². The summed E-state index contributed by atoms with van der Waals surface area (Å²) in [7, 11) is 0. The Labute approximate surface area is 157 Å². The van der Waals surface area contributed by atoms with E-state index in [-0.39, 0.29) is 12.1 Å². The van der Waals surface area contributed by atoms with Crippen LogP contribution in [0, 0.1) is 0 Å². The number of hydrogen-bond acceptors (Lipinski definition) is 4. The first-order chi connectivity index (χ1) is 12.8. The predicted octanol–water partition coefficient (Wildman–Crippen LogP) is 4.14. The van der Waals surface area contributed by atoms with Gasteiger partial charge in [-0.3, -0.25) is 4.79 Å². The van der Waals surface area contributed by atoms with E-state index in [4.69, 9.17) is 11.6 Å². The van der Waals surface area contributed by atoms with Crippen molar-refractivity contribution in [1.82, 2.24) is 15.3 Å². The number of benzene rings is 2. The fourth-order valence-electron chi connectivity index (χ4n) is 2.44. The zero-order valence-corrected chi connectivity index (χ0v) is 14.6. The standard InChI is InChI=1S/C18H14ClF3N4O/c19-13-5-6-14-15(9-13)25-10-26-16(14)23-7-8-24-17(27)11-1-3-12(4-2-11)18(20,21)22/h1-6,9-10H,7-8H2,(H,24,27)(H,23,25,26). The van der Waals surface area contributed by atoms with Gasteiger partial charge in [-0.1, -0.05) is 11.6 Å². The molecule has 0 radical (unpaired) electrons. The van der Waals surface area contributed by atoms with Crippen LogP contribution in [0.4, 0.5) is 19.0 Å². The smallest absolute Gasteiger partial charge is 0.368 e. The third-order valence-electron chi connectivity index (χ3n) is 3.78. The van der Waals surface area contributed by atoms with Crippen molar-refractivity contribution < 1.29 is 18.0 Å². The largest absolute Gasteiger partial charge is 0.416 e. The highest BCUT2D eigenvalue weighted by Gasteiger charge is 2.30. The molecular weight excluding hydrogens is 381 g/mol. The normalized spacial score (nSPS) is 11.4. The van der Waals surface area contributed by atoms with Crippen LogP contribution in [0.3, 0.4) is 0 Å². The molecule has 1 heterocycles. The zero-order valence-electron chi connectivity index (χ0n) is 13.8. The van der Waals surface area contributed by atoms with Crippen LogP contribution in [-0.2, 0) is 6.18 Å². The lowest BCUT2D eigenvalue weighted by Gasteiger charge is -2.10. The summed E-state index contributed by atoms with van der Waals surface area (Å²) in [4.78, 5) is 20.3. The summed E-state index contributed by atoms with van der Waals surface area (Å²) in [6.45, 7) is 0.639. The van der Waals surface area contributed by atoms with E-state index in [1.807, 2.05) is 0 Å². The molecule has 0 spiro atoms. The predicted molar refractivity (Wildman–Crippen MR) is 96.8 cm³/mol. The average Bonchev–Trinajstić information content (AvgIpc) is 2.64. The van der Waals surface area contributed by atoms with Gasteiger partial charge in [0.25, 0.3) is 5.91 Å². The Bertz CT molecular complexity index is 961. The number of amides is 1. The summed E-state index contributed by atoms with van der Waals surface area (Å²) >= 11 is 5.93. The molecule has 27 heavy (non-hydrogen) atoms. The molecule has 0 bridgehead atoms. The Morgan fingerprint density at radius 2 is 1.78 bits per heavy atom. The first-order valence-electron chi connectivity index (χ1n) is 7.94. The molecule has 5 nitrogen and oxygen atoms in total. The lowest BCUT2D eigenvalue weighted by Crippen LogP contribution is -2.29. The number of halogens is 4. The molecule has 1 amide bonds. The van der Waals surface area contributed by atoms with Crippen molar-refractivity contribution in [1.29, 1.82) is 0 Å². The maximum Gasteiger partial charge on any atom is 0.416 e. The van der Waals surface area contributed by atoms with Crippen LogP contribution in [0.2, 0.25) is 5.02 Å². The molecule has 0 fully saturated rings. The van der Waals surface area contributed by atoms with Gasteiger partial charge in [0.2, 0.25) is 0 Å². The fraction of sp³-hybridized carbons (Fsp3) is 0.167. The number of nitrogens with one attached hydrogen (secondary N) is 2. The highest BCUT2D eigenvalue weighted by Crippen LogP contribution is 2.29. The summed E-state index contributed by atoms with van der Waals surface area (Å²) in [6, 6.07) is 9.29. The SMILES string of the molecule is O=C(NCCNc1ncnc2cc(Cl)ccc12)c1ccc(C(F)(F)F)cc1. The molecule has 0 saturated carbocycles. The molecule has 9 heteroatoms. The number of rotatable bonds is 5. The molecule has 1 aromatic heterocycles. The number of nitrogens with zero attached hydrogens (tertiary/aromatic N) is 2. The van der Waals surface area contributed by atoms with Gasteiger partial charge in [-0.15, -0.1) is 0 Å². The Kier molecular flexibility index (Phi) is 5.46. The summed E-state index contributed by atoms with van der Waals surface area (Å²) in [5, 5.41) is 7.08. The molecule has 2 N–H and O–H groups in total. The van der Waals surface area contributed by atoms with E-state index in [1.54, 1.807) is 18.2 Å². The van der Waals surface area contributed by atoms with Crippen LogP contribution in [0.25, 0.3) is 10.9 Å². The summed E-state index contributed by atoms with van der Waals surface area (Å²) in [6.07, 6.45) is -3.02. The number of hydrogen-bond donors (Lipinski definition) is 2. The van der Waals surface area contributed by atoms with Crippen LogP contribution in [0.5, 0.6) is 0 Å². The second-order valence-electron chi connectivity index (χ2n) is 5.64. The van der Waals surface area contributed by atoms with Gasteiger partial charge in [-0.05, 0) is 42.5 Å². The first kappa shape index (κ1) is 18.9. The molecule has 3 aromatic rings. The van der Waals surface area contributed by atoms with Crippen LogP contribution in [0.15, 0.2) is 48.8 Å². The molecule has 0 aliphatic rings. The summed E-state index contributed by atoms with van der Waals surface area (Å²) < 4.78 is 37.6. The Balaban J connectivity index is 1.55. The molecule has 0 aliphatic heterocycles. The number of aromatic nitrogens is 2. The van der Waals surface area contributed by atoms with Gasteiger partial charge in [0, 0.05) is 29.1 Å². The summed E-state index contributed by atoms with van der Waals surface area (Å²) in [5.74, 6) is 0.144. The van der Waals surface area contributed by atoms with E-state index in [1.165, 1.54) is 6.33 Å². The second-order valence-corrected chi connectivity index (χ2v) is 6.08. The quantitative estimate of drug-likeness (QED) is 0.638. The van der Waals surface area contributed by atoms with Crippen LogP contribution in [0.1, 0.15) is 15.9 Å². The minimum atomic E-state index is -4.43. The van der Waals surface area contributed by atoms with Crippen molar-refractivity contribution in [3.05, 3.63) is 64.9 Å². The highest BCUT2D eigenvalue weighted by atomic mass is 35.5. The third kappa shape index (κ3) is 4.65. The minimum Gasteiger partial charge on any atom is -0.368 e. The minimum absolute atomic E-state index is 0.158. The average molecular weight is 395 g/mol. The maximum absolute atomic E-state index is 12.5. The van der Waals surface area contributed by atoms with Gasteiger partial charge in [0.15, 0.2) is 0 Å². The Morgan fingerprint density at radius 3 is 2.48 bits per heavy atom. The molecule has 0 unspecified atom stereocenters. The Morgan fingerprint density at radius 1 is 1.04 bits per heavy atom. The molecule has 0 aliphatic carbocycles. The van der Waals surface area contributed by atoms with E-state index in [9.17, 15) is 18.0 Å². The highest BCUT2D eigenvalue weighted by molar-refractivity contribution is 6.31. The van der Waals surface area contributed by atoms with Crippen LogP contribution >= 0.6 is 11.6 Å². The van der Waals surface area contributed by atoms with Crippen molar-refractivity contribution >= 4 is 34.2 Å². The molecular formula is C18H14ClF3N4O. The van der Waals surface area contributed by atoms with Crippen molar-refractivity contribution in [2.75, 3.05) is 18.4 Å². The molecule has 2 aromatic carbocycles. The third-order valence-corrected chi connectivity index (χ3v) is 4.01. The van der Waals surface area contributed by atoms with Crippen molar-refractivity contribution in [2.24, 2.45) is 0 Å². The molecule has 140 valence electrons. The molecule has 3 rings (SSSR count). The number of fused-ring (bicyclic) bond motifs is 1. The lowest BCUT2D eigenvalue weighted by molar-refractivity contribution is -0.137. The van der Waals surface area contributed by atoms with Gasteiger partial charge >= 0.3 is 6.18 Å². The van der Waals surface area contributed by atoms with E-state index >= 15 is 0 Å². The van der Waals surface area contributed by atoms with Gasteiger partial charge in [-0.2, -0.15) is 13.2 Å². The molecule has 0 atom stereocenters. The monoisotopic (exact) mass is 394 g/mol. The van der Waals surface area contributed by atoms with Crippen LogP contribution < -0.4 is 10.6 Å². The van der Waals surface area contributed by atoms with Gasteiger partial charge in [0.1, 0.15) is 12.1 Å². The van der Waals surface area contributed by atoms with Gasteiger partial charge in [0.05, 0.1) is 11.1 Å². The van der Waals surface area contributed by atoms with Crippen molar-refractivity contribution in [3.63, 3.8) is 0 Å². The molecule has 0 saturated heterocycles. The number of alkyl halides is 3. The number of anilines is 1. The maximum atomic E-state index is 12.5. The number of carbonyl (C=O) groups is 1. The van der Waals surface area contributed by atoms with Crippen molar-refractivity contribution in [2.45, 2.75) is 6.18 Å². The topological polar surface area (TPSA) is 66.9 Å². The van der Waals surface area contributed by atoms with E-state index in [0.717, 1.165) is 29.7 Å². The van der Waals surface area contributed by atoms with E-state index in [0.29, 0.717) is 22.9 Å². The first-order valence-corrected chi connectivity index (χ1v) is 8.32. The second kappa shape index (κ2) is 7.79. The van der Waals surface area contributed by atoms with Crippen molar-refractivity contribution in [3.8, 4) is 0 Å². The van der Waals surface area contributed by atoms with E-state index in [2.05, 4.69) is 20.6 Å².